The van der Waals surface area contributed by atoms with Gasteiger partial charge in [0.15, 0.2) is 21.8 Å². The van der Waals surface area contributed by atoms with Crippen LogP contribution in [-0.4, -0.2) is 41.7 Å². The number of rotatable bonds is 18. The Bertz CT molecular complexity index is 2180. The van der Waals surface area contributed by atoms with Gasteiger partial charge in [0.1, 0.15) is 19.5 Å². The molecule has 2 saturated carbocycles. The molecule has 4 N–H and O–H groups in total. The first-order valence-electron chi connectivity index (χ1n) is 21.3. The molecule has 0 amide bonds. The van der Waals surface area contributed by atoms with E-state index in [0.717, 1.165) is 35.1 Å². The number of carbonyl (C=O) groups excluding carboxylic acids is 2. The van der Waals surface area contributed by atoms with E-state index < -0.39 is 30.7 Å². The Morgan fingerprint density at radius 3 is 1.28 bits per heavy atom. The number of carbonyl (C=O) groups is 2. The maximum atomic E-state index is 12.9. The third-order valence-corrected chi connectivity index (χ3v) is 15.2. The molecule has 2 heterocycles. The average Bonchev–Trinajstić information content (AvgIpc) is 3.81. The molecule has 10 nitrogen and oxygen atoms in total. The van der Waals surface area contributed by atoms with Crippen molar-refractivity contribution in [2.75, 3.05) is 11.5 Å². The lowest BCUT2D eigenvalue weighted by molar-refractivity contribution is -0.116. The Morgan fingerprint density at radius 2 is 1.02 bits per heavy atom. The van der Waals surface area contributed by atoms with Gasteiger partial charge in [-0.2, -0.15) is 0 Å². The summed E-state index contributed by atoms with van der Waals surface area (Å²) in [5.41, 5.74) is 5.36. The molecular formula is C48H66N2O8S2. The van der Waals surface area contributed by atoms with E-state index in [1.165, 1.54) is 74.3 Å². The number of hydrogen-bond donors (Lipinski definition) is 4. The monoisotopic (exact) mass is 862 g/mol. The molecule has 2 atom stereocenters. The molecule has 4 aromatic rings. The van der Waals surface area contributed by atoms with E-state index >= 15 is 0 Å². The fraction of sp³-hybridized carbons (Fsp3) is 0.542. The van der Waals surface area contributed by atoms with Gasteiger partial charge in [-0.05, 0) is 97.6 Å². The Hall–Kier alpha value is -3.84. The lowest BCUT2D eigenvalue weighted by Crippen LogP contribution is -2.20. The topological polar surface area (TPSA) is 183 Å². The van der Waals surface area contributed by atoms with E-state index in [0.29, 0.717) is 23.0 Å². The highest BCUT2D eigenvalue weighted by atomic mass is 32.2. The number of benzene rings is 2. The van der Waals surface area contributed by atoms with Crippen molar-refractivity contribution in [1.29, 1.82) is 9.56 Å². The lowest BCUT2D eigenvalue weighted by Gasteiger charge is -2.27. The number of hydrogen-bond acceptors (Lipinski definition) is 10. The summed E-state index contributed by atoms with van der Waals surface area (Å²) in [6.45, 7) is 14.8. The van der Waals surface area contributed by atoms with Gasteiger partial charge in [0, 0.05) is 36.1 Å². The second-order valence-corrected chi connectivity index (χ2v) is 22.9. The number of ketones is 2. The van der Waals surface area contributed by atoms with Gasteiger partial charge < -0.3 is 19.0 Å². The molecule has 6 rings (SSSR count). The van der Waals surface area contributed by atoms with Gasteiger partial charge in [0.05, 0.1) is 35.2 Å². The zero-order valence-electron chi connectivity index (χ0n) is 36.7. The smallest absolute Gasteiger partial charge is 0.199 e. The van der Waals surface area contributed by atoms with Gasteiger partial charge in [0.25, 0.3) is 0 Å². The predicted octanol–water partition coefficient (Wildman–Crippen LogP) is 10.4. The highest BCUT2D eigenvalue weighted by Crippen LogP contribution is 2.35. The fourth-order valence-electron chi connectivity index (χ4n) is 7.93. The molecule has 0 saturated heterocycles. The first-order valence-corrected chi connectivity index (χ1v) is 24.8. The minimum Gasteiger partial charge on any atom is -0.454 e. The number of nitrogens with one attached hydrogen (secondary N) is 2. The van der Waals surface area contributed by atoms with E-state index in [9.17, 15) is 28.2 Å². The quantitative estimate of drug-likeness (QED) is 0.0762. The normalized spacial score (nSPS) is 17.0. The van der Waals surface area contributed by atoms with Crippen LogP contribution in [0.4, 0.5) is 0 Å². The molecule has 0 radical (unpaired) electrons. The van der Waals surface area contributed by atoms with Crippen LogP contribution in [0.2, 0.25) is 0 Å². The van der Waals surface area contributed by atoms with Crippen molar-refractivity contribution in [3.63, 3.8) is 0 Å². The number of aliphatic hydroxyl groups is 2. The summed E-state index contributed by atoms with van der Waals surface area (Å²) in [5.74, 6) is 0.721. The maximum Gasteiger partial charge on any atom is 0.199 e. The average molecular weight is 863 g/mol. The van der Waals surface area contributed by atoms with Crippen LogP contribution < -0.4 is 0 Å². The Balaban J connectivity index is 0.000000228. The first-order chi connectivity index (χ1) is 27.9. The van der Waals surface area contributed by atoms with E-state index in [4.69, 9.17) is 18.4 Å². The second kappa shape index (κ2) is 19.1. The molecule has 328 valence electrons. The summed E-state index contributed by atoms with van der Waals surface area (Å²) in [7, 11) is -6.82. The largest absolute Gasteiger partial charge is 0.454 e. The fourth-order valence-corrected chi connectivity index (χ4v) is 10.4. The zero-order valence-corrected chi connectivity index (χ0v) is 38.4. The minimum absolute atomic E-state index is 0.0557. The molecule has 2 aliphatic rings. The summed E-state index contributed by atoms with van der Waals surface area (Å²) in [6, 6.07) is 15.3. The van der Waals surface area contributed by atoms with Crippen molar-refractivity contribution in [3.05, 3.63) is 106 Å². The van der Waals surface area contributed by atoms with Crippen molar-refractivity contribution >= 4 is 31.0 Å². The van der Waals surface area contributed by atoms with E-state index in [1.54, 1.807) is 27.7 Å². The summed E-state index contributed by atoms with van der Waals surface area (Å²) >= 11 is 0. The van der Waals surface area contributed by atoms with Gasteiger partial charge in [-0.25, -0.2) is 18.0 Å². The Morgan fingerprint density at radius 1 is 0.667 bits per heavy atom. The summed E-state index contributed by atoms with van der Waals surface area (Å²) < 4.78 is 53.0. The van der Waals surface area contributed by atoms with Gasteiger partial charge >= 0.3 is 0 Å². The van der Waals surface area contributed by atoms with Crippen LogP contribution in [-0.2, 0) is 65.9 Å². The van der Waals surface area contributed by atoms with Crippen molar-refractivity contribution < 1.29 is 37.1 Å². The predicted molar refractivity (Wildman–Crippen MR) is 236 cm³/mol. The van der Waals surface area contributed by atoms with Gasteiger partial charge in [-0.1, -0.05) is 103 Å². The molecule has 0 bridgehead atoms. The molecule has 2 aliphatic carbocycles. The third kappa shape index (κ3) is 12.2. The van der Waals surface area contributed by atoms with Crippen LogP contribution in [0.3, 0.4) is 0 Å². The van der Waals surface area contributed by atoms with Crippen molar-refractivity contribution in [1.82, 2.24) is 0 Å². The lowest BCUT2D eigenvalue weighted by atomic mass is 9.78. The molecule has 0 spiro atoms. The highest BCUT2D eigenvalue weighted by Gasteiger charge is 2.29. The molecule has 2 aromatic heterocycles. The van der Waals surface area contributed by atoms with Gasteiger partial charge in [-0.3, -0.25) is 9.59 Å². The second-order valence-electron chi connectivity index (χ2n) is 18.8. The first kappa shape index (κ1) is 47.2. The van der Waals surface area contributed by atoms with Crippen LogP contribution in [0.25, 0.3) is 0 Å². The molecule has 2 aromatic carbocycles. The number of Topliss-reactive ketones (excluding diaryl/α,β-unsaturated/α-hetero) is 2. The summed E-state index contributed by atoms with van der Waals surface area (Å²) in [5, 5.41) is 20.0. The molecule has 12 heteroatoms. The zero-order chi connectivity index (χ0) is 44.2. The summed E-state index contributed by atoms with van der Waals surface area (Å²) in [4.78, 5) is 25.8. The van der Waals surface area contributed by atoms with Crippen molar-refractivity contribution in [3.8, 4) is 0 Å². The van der Waals surface area contributed by atoms with Crippen molar-refractivity contribution in [2.45, 2.75) is 153 Å². The highest BCUT2D eigenvalue weighted by molar-refractivity contribution is 7.93. The van der Waals surface area contributed by atoms with Crippen LogP contribution in [0.1, 0.15) is 150 Å². The molecule has 0 aliphatic heterocycles. The molecule has 0 unspecified atom stereocenters. The van der Waals surface area contributed by atoms with Crippen LogP contribution in [0.15, 0.2) is 80.1 Å². The molecule has 60 heavy (non-hydrogen) atoms. The molecule has 2 fully saturated rings. The van der Waals surface area contributed by atoms with Gasteiger partial charge in [0.2, 0.25) is 0 Å². The minimum atomic E-state index is -3.41. The SMILES string of the molecule is CC(C)c1cccc(CC2CCC2)c1CC(=O)C[S@@](=N)(=O)c1cc(C(C)(C)O)co1.CC(C)c1cccc(CC2CCC2)c1CC(=O)C[S@](=N)(=O)c1cc(C(C)(C)O)co1. The van der Waals surface area contributed by atoms with E-state index in [1.807, 2.05) is 0 Å². The third-order valence-electron chi connectivity index (χ3n) is 12.0. The molecular weight excluding hydrogens is 797 g/mol. The number of furan rings is 2. The van der Waals surface area contributed by atoms with E-state index in [-0.39, 0.29) is 57.9 Å². The maximum absolute atomic E-state index is 12.9. The Labute approximate surface area is 357 Å². The van der Waals surface area contributed by atoms with Gasteiger partial charge in [-0.15, -0.1) is 0 Å². The Kier molecular flexibility index (Phi) is 15.0. The van der Waals surface area contributed by atoms with Crippen LogP contribution >= 0.6 is 0 Å². The van der Waals surface area contributed by atoms with Crippen LogP contribution in [0.5, 0.6) is 0 Å². The van der Waals surface area contributed by atoms with E-state index in [2.05, 4.69) is 64.1 Å². The standard InChI is InChI=1S/2C24H33NO4S/c2*1-16(2)21-10-6-9-18(11-17-7-5-8-17)22(21)13-20(26)15-30(25,28)23-12-19(14-29-23)24(3,4)27/h2*6,9-10,12,14,16-17,25,27H,5,7-8,11,13,15H2,1-4H3/t2*30-/m10/s1. The summed E-state index contributed by atoms with van der Waals surface area (Å²) in [6.07, 6.45) is 12.4. The van der Waals surface area contributed by atoms with Crippen LogP contribution in [0, 0.1) is 21.4 Å². The van der Waals surface area contributed by atoms with Crippen molar-refractivity contribution in [2.24, 2.45) is 11.8 Å².